The number of carbonyl (C=O) groups excluding carboxylic acids is 2. The number of amides is 1. The maximum atomic E-state index is 12.7. The third kappa shape index (κ3) is 5.58. The first-order valence-electron chi connectivity index (χ1n) is 9.26. The zero-order valence-corrected chi connectivity index (χ0v) is 17.1. The first-order valence-corrected chi connectivity index (χ1v) is 9.26. The van der Waals surface area contributed by atoms with Crippen LogP contribution < -0.4 is 15.7 Å². The monoisotopic (exact) mass is 389 g/mol. The topological polar surface area (TPSA) is 94.8 Å². The Morgan fingerprint density at radius 3 is 2.50 bits per heavy atom. The van der Waals surface area contributed by atoms with Crippen LogP contribution in [-0.4, -0.2) is 23.7 Å². The van der Waals surface area contributed by atoms with Crippen LogP contribution in [-0.2, 0) is 9.53 Å². The summed E-state index contributed by atoms with van der Waals surface area (Å²) in [5.74, 6) is -0.555. The minimum atomic E-state index is -0.875. The van der Waals surface area contributed by atoms with Gasteiger partial charge in [-0.3, -0.25) is 0 Å². The van der Waals surface area contributed by atoms with Crippen LogP contribution in [0.3, 0.4) is 0 Å². The maximum absolute atomic E-state index is 12.7. The van der Waals surface area contributed by atoms with Crippen molar-refractivity contribution in [1.82, 2.24) is 5.32 Å². The molecular weight excluding hydrogens is 362 g/mol. The highest BCUT2D eigenvalue weighted by Gasteiger charge is 2.30. The molecule has 2 rings (SSSR count). The predicted molar refractivity (Wildman–Crippen MR) is 105 cm³/mol. The molecule has 28 heavy (non-hydrogen) atoms. The minimum Gasteiger partial charge on any atom is -0.444 e. The number of rotatable bonds is 5. The summed E-state index contributed by atoms with van der Waals surface area (Å²) >= 11 is 0. The van der Waals surface area contributed by atoms with Crippen LogP contribution in [0.25, 0.3) is 11.0 Å². The molecule has 2 aromatic rings. The van der Waals surface area contributed by atoms with Crippen molar-refractivity contribution in [3.8, 4) is 5.75 Å². The summed E-state index contributed by atoms with van der Waals surface area (Å²) in [5, 5.41) is 3.34. The Morgan fingerprint density at radius 1 is 1.21 bits per heavy atom. The number of nitrogens with one attached hydrogen (secondary N) is 1. The Hall–Kier alpha value is -2.83. The molecule has 0 spiro atoms. The van der Waals surface area contributed by atoms with Crippen molar-refractivity contribution in [3.05, 3.63) is 40.2 Å². The number of hydrogen-bond acceptors (Lipinski definition) is 6. The van der Waals surface area contributed by atoms with Gasteiger partial charge in [-0.1, -0.05) is 20.3 Å². The SMILES string of the molecule is CCC(C)C(NC(=O)OC(C)(C)C)C(=O)Oc1ccc2c(C)cc(=O)oc2c1. The van der Waals surface area contributed by atoms with Crippen molar-refractivity contribution in [2.75, 3.05) is 0 Å². The van der Waals surface area contributed by atoms with E-state index in [1.165, 1.54) is 12.1 Å². The number of benzene rings is 1. The molecule has 1 heterocycles. The lowest BCUT2D eigenvalue weighted by Crippen LogP contribution is -2.48. The lowest BCUT2D eigenvalue weighted by Gasteiger charge is -2.25. The lowest BCUT2D eigenvalue weighted by atomic mass is 9.99. The first-order chi connectivity index (χ1) is 13.0. The van der Waals surface area contributed by atoms with Crippen LogP contribution in [0.15, 0.2) is 33.5 Å². The molecule has 1 N–H and O–H groups in total. The van der Waals surface area contributed by atoms with Crippen LogP contribution in [0.2, 0.25) is 0 Å². The van der Waals surface area contributed by atoms with E-state index in [1.54, 1.807) is 39.8 Å². The molecule has 152 valence electrons. The summed E-state index contributed by atoms with van der Waals surface area (Å²) in [6.07, 6.45) is -0.0312. The molecule has 1 aromatic carbocycles. The highest BCUT2D eigenvalue weighted by molar-refractivity contribution is 5.85. The molecule has 1 aromatic heterocycles. The minimum absolute atomic E-state index is 0.166. The average molecular weight is 389 g/mol. The van der Waals surface area contributed by atoms with E-state index in [4.69, 9.17) is 13.9 Å². The summed E-state index contributed by atoms with van der Waals surface area (Å²) in [4.78, 5) is 36.4. The second-order valence-corrected chi connectivity index (χ2v) is 7.84. The molecule has 0 saturated heterocycles. The zero-order valence-electron chi connectivity index (χ0n) is 17.1. The Balaban J connectivity index is 2.22. The molecule has 0 aliphatic carbocycles. The van der Waals surface area contributed by atoms with Crippen molar-refractivity contribution in [2.45, 2.75) is 59.6 Å². The molecule has 7 nitrogen and oxygen atoms in total. The Labute approximate surface area is 164 Å². The van der Waals surface area contributed by atoms with E-state index in [1.807, 2.05) is 13.8 Å². The van der Waals surface area contributed by atoms with Gasteiger partial charge in [0.05, 0.1) is 0 Å². The molecule has 2 unspecified atom stereocenters. The van der Waals surface area contributed by atoms with E-state index in [2.05, 4.69) is 5.32 Å². The number of aryl methyl sites for hydroxylation is 1. The Bertz CT molecular complexity index is 925. The zero-order chi connectivity index (χ0) is 21.1. The molecule has 0 radical (unpaired) electrons. The van der Waals surface area contributed by atoms with Crippen molar-refractivity contribution in [3.63, 3.8) is 0 Å². The van der Waals surface area contributed by atoms with Gasteiger partial charge in [-0.25, -0.2) is 14.4 Å². The third-order valence-corrected chi connectivity index (χ3v) is 4.28. The van der Waals surface area contributed by atoms with Crippen molar-refractivity contribution >= 4 is 23.0 Å². The summed E-state index contributed by atoms with van der Waals surface area (Å²) in [5.41, 5.74) is -0.0527. The summed E-state index contributed by atoms with van der Waals surface area (Å²) in [6, 6.07) is 5.35. The lowest BCUT2D eigenvalue weighted by molar-refractivity contribution is -0.138. The second-order valence-electron chi connectivity index (χ2n) is 7.84. The summed E-state index contributed by atoms with van der Waals surface area (Å²) in [7, 11) is 0. The van der Waals surface area contributed by atoms with Gasteiger partial charge in [0.1, 0.15) is 23.0 Å². The number of esters is 1. The standard InChI is InChI=1S/C21H27NO6/c1-7-12(2)18(22-20(25)28-21(4,5)6)19(24)26-14-8-9-15-13(3)10-17(23)27-16(15)11-14/h8-12,18H,7H2,1-6H3,(H,22,25). The van der Waals surface area contributed by atoms with Gasteiger partial charge in [0.2, 0.25) is 0 Å². The van der Waals surface area contributed by atoms with Gasteiger partial charge >= 0.3 is 17.7 Å². The molecule has 0 aliphatic rings. The average Bonchev–Trinajstić information content (AvgIpc) is 2.56. The number of ether oxygens (including phenoxy) is 2. The van der Waals surface area contributed by atoms with Gasteiger partial charge in [0.15, 0.2) is 0 Å². The molecule has 7 heteroatoms. The second kappa shape index (κ2) is 8.46. The van der Waals surface area contributed by atoms with Gasteiger partial charge in [0, 0.05) is 17.5 Å². The molecule has 1 amide bonds. The van der Waals surface area contributed by atoms with Gasteiger partial charge in [-0.2, -0.15) is 0 Å². The molecule has 0 aliphatic heterocycles. The van der Waals surface area contributed by atoms with Crippen molar-refractivity contribution < 1.29 is 23.5 Å². The van der Waals surface area contributed by atoms with Crippen LogP contribution in [0.1, 0.15) is 46.6 Å². The summed E-state index contributed by atoms with van der Waals surface area (Å²) < 4.78 is 15.9. The van der Waals surface area contributed by atoms with Gasteiger partial charge in [-0.15, -0.1) is 0 Å². The van der Waals surface area contributed by atoms with Crippen LogP contribution in [0.4, 0.5) is 4.79 Å². The quantitative estimate of drug-likeness (QED) is 0.473. The van der Waals surface area contributed by atoms with Crippen molar-refractivity contribution in [1.29, 1.82) is 0 Å². The number of alkyl carbamates (subject to hydrolysis) is 1. The van der Waals surface area contributed by atoms with Gasteiger partial charge in [-0.05, 0) is 51.3 Å². The third-order valence-electron chi connectivity index (χ3n) is 4.28. The molecule has 2 atom stereocenters. The van der Waals surface area contributed by atoms with Crippen LogP contribution >= 0.6 is 0 Å². The fourth-order valence-electron chi connectivity index (χ4n) is 2.65. The Kier molecular flexibility index (Phi) is 6.48. The Morgan fingerprint density at radius 2 is 1.89 bits per heavy atom. The number of hydrogen-bond donors (Lipinski definition) is 1. The van der Waals surface area contributed by atoms with Crippen molar-refractivity contribution in [2.24, 2.45) is 5.92 Å². The van der Waals surface area contributed by atoms with Crippen LogP contribution in [0.5, 0.6) is 5.75 Å². The highest BCUT2D eigenvalue weighted by Crippen LogP contribution is 2.23. The smallest absolute Gasteiger partial charge is 0.408 e. The summed E-state index contributed by atoms with van der Waals surface area (Å²) in [6.45, 7) is 10.8. The van der Waals surface area contributed by atoms with Gasteiger partial charge < -0.3 is 19.2 Å². The predicted octanol–water partition coefficient (Wildman–Crippen LogP) is 3.95. The fourth-order valence-corrected chi connectivity index (χ4v) is 2.65. The number of fused-ring (bicyclic) bond motifs is 1. The van der Waals surface area contributed by atoms with E-state index >= 15 is 0 Å². The van der Waals surface area contributed by atoms with E-state index in [9.17, 15) is 14.4 Å². The highest BCUT2D eigenvalue weighted by atomic mass is 16.6. The van der Waals surface area contributed by atoms with E-state index in [-0.39, 0.29) is 11.7 Å². The largest absolute Gasteiger partial charge is 0.444 e. The van der Waals surface area contributed by atoms with E-state index in [0.29, 0.717) is 12.0 Å². The first kappa shape index (κ1) is 21.5. The maximum Gasteiger partial charge on any atom is 0.408 e. The normalized spacial score (nSPS) is 13.6. The molecule has 0 bridgehead atoms. The van der Waals surface area contributed by atoms with E-state index in [0.717, 1.165) is 10.9 Å². The molecule has 0 fully saturated rings. The van der Waals surface area contributed by atoms with Crippen LogP contribution in [0, 0.1) is 12.8 Å². The van der Waals surface area contributed by atoms with E-state index < -0.39 is 29.3 Å². The molecule has 0 saturated carbocycles. The number of carbonyl (C=O) groups is 2. The fraction of sp³-hybridized carbons (Fsp3) is 0.476. The van der Waals surface area contributed by atoms with Gasteiger partial charge in [0.25, 0.3) is 0 Å². The molecular formula is C21H27NO6.